The van der Waals surface area contributed by atoms with E-state index in [1.165, 1.54) is 11.1 Å². The van der Waals surface area contributed by atoms with Gasteiger partial charge in [-0.05, 0) is 30.5 Å². The molecule has 1 aromatic carbocycles. The van der Waals surface area contributed by atoms with Crippen LogP contribution in [0.3, 0.4) is 0 Å². The van der Waals surface area contributed by atoms with Gasteiger partial charge in [-0.3, -0.25) is 4.79 Å². The highest BCUT2D eigenvalue weighted by molar-refractivity contribution is 5.78. The molecular weight excluding hydrogens is 248 g/mol. The van der Waals surface area contributed by atoms with E-state index in [2.05, 4.69) is 43.4 Å². The number of likely N-dealkylation sites (N-methyl/N-ethyl adjacent to an activating group) is 1. The predicted octanol–water partition coefficient (Wildman–Crippen LogP) is 2.77. The first-order chi connectivity index (χ1) is 9.67. The van der Waals surface area contributed by atoms with Gasteiger partial charge in [-0.1, -0.05) is 44.5 Å². The summed E-state index contributed by atoms with van der Waals surface area (Å²) in [7, 11) is 1.97. The minimum absolute atomic E-state index is 0.223. The molecule has 3 nitrogen and oxygen atoms in total. The first-order valence-electron chi connectivity index (χ1n) is 7.71. The maximum Gasteiger partial charge on any atom is 0.222 e. The first-order valence-corrected chi connectivity index (χ1v) is 7.71. The van der Waals surface area contributed by atoms with Crippen molar-refractivity contribution >= 4 is 5.91 Å². The van der Waals surface area contributed by atoms with Crippen molar-refractivity contribution in [1.82, 2.24) is 10.2 Å². The minimum atomic E-state index is 0.223. The van der Waals surface area contributed by atoms with Crippen LogP contribution >= 0.6 is 0 Å². The number of nitrogens with zero attached hydrogens (tertiary/aromatic N) is 1. The molecule has 0 aliphatic carbocycles. The number of hydrogen-bond acceptors (Lipinski definition) is 2. The van der Waals surface area contributed by atoms with E-state index in [1.807, 2.05) is 11.9 Å². The molecule has 2 rings (SSSR count). The Bertz CT molecular complexity index is 441. The maximum absolute atomic E-state index is 12.0. The number of benzene rings is 1. The molecule has 0 aromatic heterocycles. The molecule has 3 heteroatoms. The third kappa shape index (κ3) is 3.40. The summed E-state index contributed by atoms with van der Waals surface area (Å²) in [6, 6.07) is 8.94. The van der Waals surface area contributed by atoms with E-state index in [4.69, 9.17) is 0 Å². The van der Waals surface area contributed by atoms with E-state index in [0.29, 0.717) is 11.8 Å². The first kappa shape index (κ1) is 15.0. The standard InChI is InChI=1S/C17H26N2O/c1-4-13-6-8-15(9-7-13)16(18-3)12-19-11-14(5-2)10-17(19)20/h6-9,14,16,18H,4-5,10-12H2,1-3H3. The lowest BCUT2D eigenvalue weighted by atomic mass is 10.0. The lowest BCUT2D eigenvalue weighted by Crippen LogP contribution is -2.35. The average molecular weight is 274 g/mol. The van der Waals surface area contributed by atoms with Crippen molar-refractivity contribution in [2.75, 3.05) is 20.1 Å². The van der Waals surface area contributed by atoms with Crippen molar-refractivity contribution in [1.29, 1.82) is 0 Å². The van der Waals surface area contributed by atoms with Crippen molar-refractivity contribution in [2.45, 2.75) is 39.2 Å². The Kier molecular flexibility index (Phi) is 5.18. The van der Waals surface area contributed by atoms with Crippen LogP contribution in [0, 0.1) is 5.92 Å². The van der Waals surface area contributed by atoms with Crippen LogP contribution in [0.5, 0.6) is 0 Å². The second-order valence-corrected chi connectivity index (χ2v) is 5.71. The molecule has 1 N–H and O–H groups in total. The summed E-state index contributed by atoms with van der Waals surface area (Å²) in [5, 5.41) is 3.34. The van der Waals surface area contributed by atoms with Crippen LogP contribution in [0.2, 0.25) is 0 Å². The van der Waals surface area contributed by atoms with Crippen LogP contribution in [-0.4, -0.2) is 30.9 Å². The monoisotopic (exact) mass is 274 g/mol. The number of amides is 1. The van der Waals surface area contributed by atoms with Gasteiger partial charge in [0.05, 0.1) is 0 Å². The second kappa shape index (κ2) is 6.89. The molecule has 1 aromatic rings. The fourth-order valence-corrected chi connectivity index (χ4v) is 2.87. The van der Waals surface area contributed by atoms with Crippen LogP contribution in [0.15, 0.2) is 24.3 Å². The molecule has 1 aliphatic heterocycles. The van der Waals surface area contributed by atoms with Gasteiger partial charge in [0, 0.05) is 25.6 Å². The third-order valence-corrected chi connectivity index (χ3v) is 4.41. The maximum atomic E-state index is 12.0. The Morgan fingerprint density at radius 2 is 2.00 bits per heavy atom. The quantitative estimate of drug-likeness (QED) is 0.865. The van der Waals surface area contributed by atoms with Gasteiger partial charge in [0.15, 0.2) is 0 Å². The van der Waals surface area contributed by atoms with Gasteiger partial charge in [0.2, 0.25) is 5.91 Å². The third-order valence-electron chi connectivity index (χ3n) is 4.41. The summed E-state index contributed by atoms with van der Waals surface area (Å²) in [5.74, 6) is 0.852. The normalized spacial score (nSPS) is 20.4. The summed E-state index contributed by atoms with van der Waals surface area (Å²) >= 11 is 0. The fourth-order valence-electron chi connectivity index (χ4n) is 2.87. The fraction of sp³-hybridized carbons (Fsp3) is 0.588. The van der Waals surface area contributed by atoms with Crippen molar-refractivity contribution < 1.29 is 4.79 Å². The lowest BCUT2D eigenvalue weighted by Gasteiger charge is -2.24. The number of aryl methyl sites for hydroxylation is 1. The number of likely N-dealkylation sites (tertiary alicyclic amines) is 1. The molecular formula is C17H26N2O. The zero-order chi connectivity index (χ0) is 14.5. The summed E-state index contributed by atoms with van der Waals surface area (Å²) in [4.78, 5) is 14.0. The number of carbonyl (C=O) groups excluding carboxylic acids is 1. The molecule has 0 bridgehead atoms. The summed E-state index contributed by atoms with van der Waals surface area (Å²) in [6.45, 7) is 6.02. The van der Waals surface area contributed by atoms with E-state index in [0.717, 1.165) is 32.4 Å². The van der Waals surface area contributed by atoms with Crippen LogP contribution in [-0.2, 0) is 11.2 Å². The molecule has 0 saturated carbocycles. The molecule has 0 spiro atoms. The Balaban J connectivity index is 2.03. The molecule has 2 unspecified atom stereocenters. The van der Waals surface area contributed by atoms with E-state index in [-0.39, 0.29) is 6.04 Å². The van der Waals surface area contributed by atoms with Crippen molar-refractivity contribution in [3.63, 3.8) is 0 Å². The summed E-state index contributed by atoms with van der Waals surface area (Å²) in [5.41, 5.74) is 2.62. The summed E-state index contributed by atoms with van der Waals surface area (Å²) < 4.78 is 0. The van der Waals surface area contributed by atoms with E-state index in [9.17, 15) is 4.79 Å². The van der Waals surface area contributed by atoms with Crippen LogP contribution in [0.25, 0.3) is 0 Å². The zero-order valence-electron chi connectivity index (χ0n) is 12.9. The highest BCUT2D eigenvalue weighted by Crippen LogP contribution is 2.23. The molecule has 1 aliphatic rings. The van der Waals surface area contributed by atoms with Gasteiger partial charge >= 0.3 is 0 Å². The second-order valence-electron chi connectivity index (χ2n) is 5.71. The van der Waals surface area contributed by atoms with Crippen molar-refractivity contribution in [3.8, 4) is 0 Å². The number of rotatable bonds is 6. The number of carbonyl (C=O) groups is 1. The number of nitrogens with one attached hydrogen (secondary N) is 1. The van der Waals surface area contributed by atoms with Gasteiger partial charge in [0.25, 0.3) is 0 Å². The van der Waals surface area contributed by atoms with Gasteiger partial charge in [-0.25, -0.2) is 0 Å². The van der Waals surface area contributed by atoms with Crippen LogP contribution in [0.1, 0.15) is 43.9 Å². The molecule has 1 fully saturated rings. The number of hydrogen-bond donors (Lipinski definition) is 1. The smallest absolute Gasteiger partial charge is 0.222 e. The van der Waals surface area contributed by atoms with E-state index >= 15 is 0 Å². The van der Waals surface area contributed by atoms with Gasteiger partial charge in [0.1, 0.15) is 0 Å². The molecule has 20 heavy (non-hydrogen) atoms. The molecule has 2 atom stereocenters. The topological polar surface area (TPSA) is 32.3 Å². The van der Waals surface area contributed by atoms with E-state index in [1.54, 1.807) is 0 Å². The van der Waals surface area contributed by atoms with E-state index < -0.39 is 0 Å². The Morgan fingerprint density at radius 3 is 2.50 bits per heavy atom. The lowest BCUT2D eigenvalue weighted by molar-refractivity contribution is -0.128. The molecule has 1 amide bonds. The molecule has 0 radical (unpaired) electrons. The van der Waals surface area contributed by atoms with Crippen LogP contribution < -0.4 is 5.32 Å². The predicted molar refractivity (Wildman–Crippen MR) is 82.6 cm³/mol. The van der Waals surface area contributed by atoms with Gasteiger partial charge < -0.3 is 10.2 Å². The van der Waals surface area contributed by atoms with Crippen molar-refractivity contribution in [2.24, 2.45) is 5.92 Å². The Morgan fingerprint density at radius 1 is 1.30 bits per heavy atom. The highest BCUT2D eigenvalue weighted by atomic mass is 16.2. The van der Waals surface area contributed by atoms with Crippen molar-refractivity contribution in [3.05, 3.63) is 35.4 Å². The Labute approximate surface area is 122 Å². The average Bonchev–Trinajstić information content (AvgIpc) is 2.85. The largest absolute Gasteiger partial charge is 0.340 e. The molecule has 1 saturated heterocycles. The zero-order valence-corrected chi connectivity index (χ0v) is 12.9. The minimum Gasteiger partial charge on any atom is -0.340 e. The molecule has 1 heterocycles. The SMILES string of the molecule is CCc1ccc(C(CN2CC(CC)CC2=O)NC)cc1. The van der Waals surface area contributed by atoms with Crippen LogP contribution in [0.4, 0.5) is 0 Å². The Hall–Kier alpha value is -1.35. The van der Waals surface area contributed by atoms with Gasteiger partial charge in [-0.2, -0.15) is 0 Å². The molecule has 110 valence electrons. The summed E-state index contributed by atoms with van der Waals surface area (Å²) in [6.07, 6.45) is 2.88. The highest BCUT2D eigenvalue weighted by Gasteiger charge is 2.29. The van der Waals surface area contributed by atoms with Gasteiger partial charge in [-0.15, -0.1) is 0 Å².